The van der Waals surface area contributed by atoms with E-state index in [0.717, 1.165) is 50.7 Å². The number of fused-ring (bicyclic) bond motifs is 1. The zero-order chi connectivity index (χ0) is 18.1. The van der Waals surface area contributed by atoms with Crippen LogP contribution in [-0.4, -0.2) is 46.7 Å². The quantitative estimate of drug-likeness (QED) is 0.773. The topological polar surface area (TPSA) is 41.5 Å². The van der Waals surface area contributed by atoms with Gasteiger partial charge in [0.05, 0.1) is 17.9 Å². The van der Waals surface area contributed by atoms with Crippen LogP contribution in [-0.2, 0) is 24.2 Å². The van der Waals surface area contributed by atoms with Crippen LogP contribution in [0.25, 0.3) is 0 Å². The molecule has 0 aliphatic carbocycles. The van der Waals surface area contributed by atoms with Crippen LogP contribution >= 0.6 is 11.6 Å². The number of hydrogen-bond acceptors (Lipinski definition) is 5. The molecule has 3 heterocycles. The Morgan fingerprint density at radius 1 is 1.12 bits per heavy atom. The standard InChI is InChI=1S/C20H25ClN4O/c1-14-10-25(11-15(2)26-14)19-17-8-9-24(12-16-6-4-3-5-7-16)13-18(17)22-20(21)23-19/h3-7,14-15H,8-13H2,1-2H3/t14-,15+. The normalized spacial score (nSPS) is 23.7. The van der Waals surface area contributed by atoms with Crippen LogP contribution in [0, 0.1) is 0 Å². The van der Waals surface area contributed by atoms with Crippen molar-refractivity contribution in [2.45, 2.75) is 45.6 Å². The molecule has 2 aliphatic heterocycles. The fraction of sp³-hybridized carbons (Fsp3) is 0.500. The molecule has 138 valence electrons. The minimum absolute atomic E-state index is 0.196. The second-order valence-corrected chi connectivity index (χ2v) is 7.69. The number of morpholine rings is 1. The van der Waals surface area contributed by atoms with Crippen LogP contribution in [0.4, 0.5) is 5.82 Å². The zero-order valence-electron chi connectivity index (χ0n) is 15.4. The van der Waals surface area contributed by atoms with E-state index in [0.29, 0.717) is 5.28 Å². The Morgan fingerprint density at radius 2 is 1.85 bits per heavy atom. The summed E-state index contributed by atoms with van der Waals surface area (Å²) in [6.07, 6.45) is 1.34. The van der Waals surface area contributed by atoms with Crippen molar-refractivity contribution in [3.8, 4) is 0 Å². The molecule has 2 aromatic rings. The van der Waals surface area contributed by atoms with Gasteiger partial charge in [-0.2, -0.15) is 0 Å². The van der Waals surface area contributed by atoms with Crippen LogP contribution in [0.3, 0.4) is 0 Å². The lowest BCUT2D eigenvalue weighted by Crippen LogP contribution is -2.46. The Morgan fingerprint density at radius 3 is 2.58 bits per heavy atom. The van der Waals surface area contributed by atoms with Crippen LogP contribution in [0.2, 0.25) is 5.28 Å². The molecule has 6 heteroatoms. The van der Waals surface area contributed by atoms with E-state index in [1.807, 2.05) is 0 Å². The number of rotatable bonds is 3. The van der Waals surface area contributed by atoms with Gasteiger partial charge in [0.25, 0.3) is 0 Å². The van der Waals surface area contributed by atoms with Crippen molar-refractivity contribution in [1.29, 1.82) is 0 Å². The van der Waals surface area contributed by atoms with Crippen LogP contribution < -0.4 is 4.90 Å². The lowest BCUT2D eigenvalue weighted by Gasteiger charge is -2.38. The molecule has 0 saturated carbocycles. The third kappa shape index (κ3) is 3.85. The maximum absolute atomic E-state index is 6.28. The van der Waals surface area contributed by atoms with Gasteiger partial charge in [0.1, 0.15) is 5.82 Å². The molecule has 0 spiro atoms. The molecule has 0 unspecified atom stereocenters. The van der Waals surface area contributed by atoms with E-state index in [2.05, 4.69) is 63.9 Å². The van der Waals surface area contributed by atoms with Gasteiger partial charge in [-0.05, 0) is 37.4 Å². The SMILES string of the molecule is C[C@@H]1CN(c2nc(Cl)nc3c2CCN(Cc2ccccc2)C3)C[C@H](C)O1. The molecule has 26 heavy (non-hydrogen) atoms. The minimum atomic E-state index is 0.196. The molecule has 1 aromatic carbocycles. The third-order valence-corrected chi connectivity index (χ3v) is 5.23. The van der Waals surface area contributed by atoms with E-state index in [1.54, 1.807) is 0 Å². The lowest BCUT2D eigenvalue weighted by atomic mass is 10.0. The Balaban J connectivity index is 1.57. The molecule has 1 fully saturated rings. The molecule has 2 aliphatic rings. The molecular weight excluding hydrogens is 348 g/mol. The first kappa shape index (κ1) is 17.7. The maximum Gasteiger partial charge on any atom is 0.224 e. The Labute approximate surface area is 160 Å². The first-order valence-electron chi connectivity index (χ1n) is 9.30. The lowest BCUT2D eigenvalue weighted by molar-refractivity contribution is -0.00555. The van der Waals surface area contributed by atoms with Gasteiger partial charge in [-0.15, -0.1) is 0 Å². The van der Waals surface area contributed by atoms with Crippen molar-refractivity contribution in [2.75, 3.05) is 24.5 Å². The second kappa shape index (κ2) is 7.51. The predicted molar refractivity (Wildman–Crippen MR) is 104 cm³/mol. The highest BCUT2D eigenvalue weighted by Crippen LogP contribution is 2.30. The fourth-order valence-corrected chi connectivity index (χ4v) is 4.21. The molecule has 0 bridgehead atoms. The zero-order valence-corrected chi connectivity index (χ0v) is 16.1. The number of halogens is 1. The number of nitrogens with zero attached hydrogens (tertiary/aromatic N) is 4. The summed E-state index contributed by atoms with van der Waals surface area (Å²) < 4.78 is 5.87. The molecule has 1 aromatic heterocycles. The van der Waals surface area contributed by atoms with Gasteiger partial charge in [0.2, 0.25) is 5.28 Å². The van der Waals surface area contributed by atoms with Crippen LogP contribution in [0.5, 0.6) is 0 Å². The van der Waals surface area contributed by atoms with E-state index < -0.39 is 0 Å². The molecule has 2 atom stereocenters. The number of hydrogen-bond donors (Lipinski definition) is 0. The van der Waals surface area contributed by atoms with Crippen molar-refractivity contribution in [1.82, 2.24) is 14.9 Å². The second-order valence-electron chi connectivity index (χ2n) is 7.35. The monoisotopic (exact) mass is 372 g/mol. The van der Waals surface area contributed by atoms with Crippen molar-refractivity contribution in [3.05, 3.63) is 52.4 Å². The van der Waals surface area contributed by atoms with E-state index in [-0.39, 0.29) is 12.2 Å². The molecule has 4 rings (SSSR count). The van der Waals surface area contributed by atoms with Gasteiger partial charge < -0.3 is 9.64 Å². The highest BCUT2D eigenvalue weighted by atomic mass is 35.5. The van der Waals surface area contributed by atoms with Crippen LogP contribution in [0.15, 0.2) is 30.3 Å². The molecule has 5 nitrogen and oxygen atoms in total. The average Bonchev–Trinajstić information content (AvgIpc) is 2.61. The first-order chi connectivity index (χ1) is 12.6. The summed E-state index contributed by atoms with van der Waals surface area (Å²) in [6.45, 7) is 8.67. The molecular formula is C20H25ClN4O. The third-order valence-electron chi connectivity index (χ3n) is 5.06. The molecule has 0 radical (unpaired) electrons. The Kier molecular flexibility index (Phi) is 5.11. The van der Waals surface area contributed by atoms with Gasteiger partial charge in [0.15, 0.2) is 0 Å². The van der Waals surface area contributed by atoms with Crippen molar-refractivity contribution < 1.29 is 4.74 Å². The van der Waals surface area contributed by atoms with E-state index >= 15 is 0 Å². The van der Waals surface area contributed by atoms with Gasteiger partial charge in [0, 0.05) is 38.3 Å². The fourth-order valence-electron chi connectivity index (χ4n) is 4.02. The van der Waals surface area contributed by atoms with Crippen LogP contribution in [0.1, 0.15) is 30.7 Å². The number of aromatic nitrogens is 2. The van der Waals surface area contributed by atoms with Gasteiger partial charge in [-0.3, -0.25) is 4.90 Å². The molecule has 0 amide bonds. The van der Waals surface area contributed by atoms with Crippen molar-refractivity contribution in [3.63, 3.8) is 0 Å². The minimum Gasteiger partial charge on any atom is -0.372 e. The van der Waals surface area contributed by atoms with Crippen molar-refractivity contribution in [2.24, 2.45) is 0 Å². The van der Waals surface area contributed by atoms with E-state index in [4.69, 9.17) is 16.3 Å². The number of ether oxygens (including phenoxy) is 1. The molecule has 1 saturated heterocycles. The summed E-state index contributed by atoms with van der Waals surface area (Å²) in [4.78, 5) is 13.9. The smallest absolute Gasteiger partial charge is 0.224 e. The average molecular weight is 373 g/mol. The predicted octanol–water partition coefficient (Wildman–Crippen LogP) is 3.30. The highest BCUT2D eigenvalue weighted by molar-refractivity contribution is 6.28. The van der Waals surface area contributed by atoms with Gasteiger partial charge in [-0.25, -0.2) is 9.97 Å². The number of benzene rings is 1. The summed E-state index contributed by atoms with van der Waals surface area (Å²) in [5.74, 6) is 1.00. The summed E-state index contributed by atoms with van der Waals surface area (Å²) in [7, 11) is 0. The van der Waals surface area contributed by atoms with Crippen molar-refractivity contribution >= 4 is 17.4 Å². The molecule has 0 N–H and O–H groups in total. The summed E-state index contributed by atoms with van der Waals surface area (Å²) >= 11 is 6.28. The highest BCUT2D eigenvalue weighted by Gasteiger charge is 2.29. The van der Waals surface area contributed by atoms with Gasteiger partial charge >= 0.3 is 0 Å². The Bertz CT molecular complexity index is 760. The van der Waals surface area contributed by atoms with E-state index in [1.165, 1.54) is 11.1 Å². The van der Waals surface area contributed by atoms with E-state index in [9.17, 15) is 0 Å². The largest absolute Gasteiger partial charge is 0.372 e. The first-order valence-corrected chi connectivity index (χ1v) is 9.68. The number of anilines is 1. The maximum atomic E-state index is 6.28. The summed E-state index contributed by atoms with van der Waals surface area (Å²) in [6, 6.07) is 10.6. The van der Waals surface area contributed by atoms with Gasteiger partial charge in [-0.1, -0.05) is 30.3 Å². The summed E-state index contributed by atoms with van der Waals surface area (Å²) in [5, 5.41) is 0.340. The summed E-state index contributed by atoms with van der Waals surface area (Å²) in [5.41, 5.74) is 3.64. The Hall–Kier alpha value is -1.69.